The van der Waals surface area contributed by atoms with Crippen molar-refractivity contribution in [1.29, 1.82) is 0 Å². The molecule has 1 aromatic carbocycles. The smallest absolute Gasteiger partial charge is 0.246 e. The van der Waals surface area contributed by atoms with Crippen LogP contribution in [-0.4, -0.2) is 28.6 Å². The van der Waals surface area contributed by atoms with Gasteiger partial charge < -0.3 is 14.6 Å². The maximum atomic E-state index is 11.0. The van der Waals surface area contributed by atoms with E-state index in [0.717, 1.165) is 11.3 Å². The third kappa shape index (κ3) is 2.12. The van der Waals surface area contributed by atoms with Crippen LogP contribution in [-0.2, 0) is 9.53 Å². The second kappa shape index (κ2) is 4.62. The summed E-state index contributed by atoms with van der Waals surface area (Å²) in [4.78, 5) is 15.0. The number of imidazole rings is 1. The molecule has 1 aromatic heterocycles. The Hall–Kier alpha value is -2.14. The number of nitrogens with zero attached hydrogens (tertiary/aromatic N) is 2. The first-order valence-corrected chi connectivity index (χ1v) is 5.79. The zero-order valence-electron chi connectivity index (χ0n) is 9.74. The molecule has 3 rings (SSSR count). The second-order valence-electron chi connectivity index (χ2n) is 4.17. The predicted molar refractivity (Wildman–Crippen MR) is 65.3 cm³/mol. The highest BCUT2D eigenvalue weighted by Crippen LogP contribution is 2.20. The minimum absolute atomic E-state index is 0.0544. The summed E-state index contributed by atoms with van der Waals surface area (Å²) in [6.07, 6.45) is 5.34. The molecule has 1 aliphatic heterocycles. The Labute approximate surface area is 104 Å². The summed E-state index contributed by atoms with van der Waals surface area (Å²) in [5.74, 6) is -0.0544. The van der Waals surface area contributed by atoms with E-state index in [0.29, 0.717) is 6.54 Å². The molecule has 5 heteroatoms. The van der Waals surface area contributed by atoms with E-state index < -0.39 is 0 Å². The van der Waals surface area contributed by atoms with Gasteiger partial charge >= 0.3 is 0 Å². The highest BCUT2D eigenvalue weighted by atomic mass is 16.5. The number of nitrogens with one attached hydrogen (secondary N) is 1. The Morgan fingerprint density at radius 2 is 2.17 bits per heavy atom. The van der Waals surface area contributed by atoms with Gasteiger partial charge in [-0.1, -0.05) is 12.1 Å². The van der Waals surface area contributed by atoms with Crippen LogP contribution in [0.1, 0.15) is 11.7 Å². The first kappa shape index (κ1) is 11.0. The fourth-order valence-electron chi connectivity index (χ4n) is 1.98. The number of benzene rings is 1. The molecule has 1 amide bonds. The first-order valence-electron chi connectivity index (χ1n) is 5.79. The van der Waals surface area contributed by atoms with Crippen molar-refractivity contribution < 1.29 is 9.53 Å². The average Bonchev–Trinajstić information content (AvgIpc) is 2.94. The van der Waals surface area contributed by atoms with Gasteiger partial charge in [0.05, 0.1) is 6.33 Å². The maximum absolute atomic E-state index is 11.0. The van der Waals surface area contributed by atoms with Crippen LogP contribution in [0.25, 0.3) is 5.69 Å². The van der Waals surface area contributed by atoms with Crippen molar-refractivity contribution in [3.05, 3.63) is 48.5 Å². The summed E-state index contributed by atoms with van der Waals surface area (Å²) in [7, 11) is 0. The summed E-state index contributed by atoms with van der Waals surface area (Å²) in [6, 6.07) is 8.04. The van der Waals surface area contributed by atoms with Crippen LogP contribution >= 0.6 is 0 Å². The van der Waals surface area contributed by atoms with E-state index in [1.54, 1.807) is 12.5 Å². The van der Waals surface area contributed by atoms with Crippen LogP contribution < -0.4 is 5.32 Å². The number of morpholine rings is 1. The molecule has 0 aliphatic carbocycles. The molecular weight excluding hydrogens is 230 g/mol. The number of rotatable bonds is 2. The van der Waals surface area contributed by atoms with E-state index >= 15 is 0 Å². The number of carbonyl (C=O) groups excluding carboxylic acids is 1. The van der Waals surface area contributed by atoms with Gasteiger partial charge in [0.15, 0.2) is 0 Å². The van der Waals surface area contributed by atoms with Gasteiger partial charge in [-0.15, -0.1) is 0 Å². The molecule has 1 unspecified atom stereocenters. The van der Waals surface area contributed by atoms with Gasteiger partial charge in [0.25, 0.3) is 0 Å². The second-order valence-corrected chi connectivity index (χ2v) is 4.17. The molecular formula is C13H13N3O2. The molecule has 1 atom stereocenters. The average molecular weight is 243 g/mol. The van der Waals surface area contributed by atoms with Crippen molar-refractivity contribution >= 4 is 5.91 Å². The standard InChI is InChI=1S/C13H13N3O2/c17-13-8-18-12(7-15-13)10-1-3-11(4-2-10)16-6-5-14-9-16/h1-6,9,12H,7-8H2,(H,15,17). The number of hydrogen-bond donors (Lipinski definition) is 1. The molecule has 0 radical (unpaired) electrons. The molecule has 18 heavy (non-hydrogen) atoms. The lowest BCUT2D eigenvalue weighted by atomic mass is 10.1. The largest absolute Gasteiger partial charge is 0.362 e. The topological polar surface area (TPSA) is 56.2 Å². The number of amides is 1. The molecule has 1 N–H and O–H groups in total. The van der Waals surface area contributed by atoms with Crippen molar-refractivity contribution in [3.8, 4) is 5.69 Å². The summed E-state index contributed by atoms with van der Waals surface area (Å²) >= 11 is 0. The summed E-state index contributed by atoms with van der Waals surface area (Å²) in [6.45, 7) is 0.664. The van der Waals surface area contributed by atoms with Gasteiger partial charge in [-0.05, 0) is 17.7 Å². The van der Waals surface area contributed by atoms with Crippen molar-refractivity contribution in [2.45, 2.75) is 6.10 Å². The molecule has 2 aromatic rings. The molecule has 0 spiro atoms. The van der Waals surface area contributed by atoms with Gasteiger partial charge in [-0.25, -0.2) is 4.98 Å². The Balaban J connectivity index is 1.77. The third-order valence-electron chi connectivity index (χ3n) is 2.97. The van der Waals surface area contributed by atoms with Crippen molar-refractivity contribution in [2.24, 2.45) is 0 Å². The molecule has 0 saturated carbocycles. The molecule has 1 saturated heterocycles. The minimum atomic E-state index is -0.0560. The predicted octanol–water partition coefficient (Wildman–Crippen LogP) is 1.06. The Morgan fingerprint density at radius 1 is 1.33 bits per heavy atom. The van der Waals surface area contributed by atoms with E-state index in [9.17, 15) is 4.79 Å². The molecule has 1 fully saturated rings. The summed E-state index contributed by atoms with van der Waals surface area (Å²) in [5.41, 5.74) is 2.12. The number of carbonyl (C=O) groups is 1. The van der Waals surface area contributed by atoms with E-state index in [1.165, 1.54) is 0 Å². The molecule has 92 valence electrons. The van der Waals surface area contributed by atoms with E-state index in [1.807, 2.05) is 35.0 Å². The molecule has 2 heterocycles. The van der Waals surface area contributed by atoms with Gasteiger partial charge in [0.1, 0.15) is 12.7 Å². The third-order valence-corrected chi connectivity index (χ3v) is 2.97. The van der Waals surface area contributed by atoms with Crippen LogP contribution in [0.4, 0.5) is 0 Å². The lowest BCUT2D eigenvalue weighted by Crippen LogP contribution is -2.38. The van der Waals surface area contributed by atoms with E-state index in [4.69, 9.17) is 4.74 Å². The summed E-state index contributed by atoms with van der Waals surface area (Å²) < 4.78 is 7.41. The number of ether oxygens (including phenoxy) is 1. The van der Waals surface area contributed by atoms with Crippen LogP contribution in [0, 0.1) is 0 Å². The number of hydrogen-bond acceptors (Lipinski definition) is 3. The molecule has 5 nitrogen and oxygen atoms in total. The van der Waals surface area contributed by atoms with Crippen molar-refractivity contribution in [3.63, 3.8) is 0 Å². The maximum Gasteiger partial charge on any atom is 0.246 e. The van der Waals surface area contributed by atoms with Gasteiger partial charge in [-0.2, -0.15) is 0 Å². The zero-order valence-corrected chi connectivity index (χ0v) is 9.74. The first-order chi connectivity index (χ1) is 8.83. The normalized spacial score (nSPS) is 19.6. The monoisotopic (exact) mass is 243 g/mol. The van der Waals surface area contributed by atoms with E-state index in [2.05, 4.69) is 10.3 Å². The van der Waals surface area contributed by atoms with Crippen LogP contribution in [0.3, 0.4) is 0 Å². The van der Waals surface area contributed by atoms with Crippen molar-refractivity contribution in [1.82, 2.24) is 14.9 Å². The minimum Gasteiger partial charge on any atom is -0.362 e. The quantitative estimate of drug-likeness (QED) is 0.858. The zero-order chi connectivity index (χ0) is 12.4. The Bertz CT molecular complexity index is 524. The van der Waals surface area contributed by atoms with Crippen LogP contribution in [0.2, 0.25) is 0 Å². The molecule has 0 bridgehead atoms. The summed E-state index contributed by atoms with van der Waals surface area (Å²) in [5, 5.41) is 2.79. The Morgan fingerprint density at radius 3 is 2.78 bits per heavy atom. The van der Waals surface area contributed by atoms with Crippen LogP contribution in [0.5, 0.6) is 0 Å². The van der Waals surface area contributed by atoms with Crippen LogP contribution in [0.15, 0.2) is 43.0 Å². The fraction of sp³-hybridized carbons (Fsp3) is 0.231. The highest BCUT2D eigenvalue weighted by Gasteiger charge is 2.19. The van der Waals surface area contributed by atoms with Gasteiger partial charge in [0, 0.05) is 24.6 Å². The van der Waals surface area contributed by atoms with Gasteiger partial charge in [0.2, 0.25) is 5.91 Å². The van der Waals surface area contributed by atoms with E-state index in [-0.39, 0.29) is 18.6 Å². The highest BCUT2D eigenvalue weighted by molar-refractivity contribution is 5.77. The van der Waals surface area contributed by atoms with Crippen molar-refractivity contribution in [2.75, 3.05) is 13.2 Å². The number of aromatic nitrogens is 2. The molecule has 1 aliphatic rings. The Kier molecular flexibility index (Phi) is 2.82. The lowest BCUT2D eigenvalue weighted by molar-refractivity contribution is -0.133. The SMILES string of the molecule is O=C1COC(c2ccc(-n3ccnc3)cc2)CN1. The van der Waals surface area contributed by atoms with Gasteiger partial charge in [-0.3, -0.25) is 4.79 Å². The fourth-order valence-corrected chi connectivity index (χ4v) is 1.98. The lowest BCUT2D eigenvalue weighted by Gasteiger charge is -2.23.